The summed E-state index contributed by atoms with van der Waals surface area (Å²) in [7, 11) is 0. The monoisotopic (exact) mass is 199 g/mol. The zero-order valence-electron chi connectivity index (χ0n) is 8.50. The normalized spacial score (nSPS) is 11.2. The fourth-order valence-corrected chi connectivity index (χ4v) is 2.50. The third-order valence-electron chi connectivity index (χ3n) is 1.88. The van der Waals surface area contributed by atoms with Crippen LogP contribution >= 0.6 is 11.3 Å². The Bertz CT molecular complexity index is 246. The Hall–Kier alpha value is -0.410. The van der Waals surface area contributed by atoms with Crippen LogP contribution in [-0.4, -0.2) is 10.1 Å². The maximum atomic E-state index is 9.07. The molecular weight excluding hydrogens is 182 g/mol. The maximum Gasteiger partial charge on any atom is 0.0934 e. The second-order valence-corrected chi connectivity index (χ2v) is 4.76. The summed E-state index contributed by atoms with van der Waals surface area (Å²) in [6, 6.07) is 0. The number of aryl methyl sites for hydroxylation is 1. The first-order valence-electron chi connectivity index (χ1n) is 4.75. The molecule has 13 heavy (non-hydrogen) atoms. The number of hydrogen-bond acceptors (Lipinski definition) is 3. The smallest absolute Gasteiger partial charge is 0.0934 e. The molecule has 2 nitrogen and oxygen atoms in total. The topological polar surface area (TPSA) is 33.1 Å². The summed E-state index contributed by atoms with van der Waals surface area (Å²) >= 11 is 1.65. The number of rotatable bonds is 4. The number of aliphatic hydroxyl groups excluding tert-OH is 1. The Balaban J connectivity index is 2.80. The Morgan fingerprint density at radius 3 is 2.54 bits per heavy atom. The zero-order chi connectivity index (χ0) is 9.84. The first-order chi connectivity index (χ1) is 6.17. The lowest BCUT2D eigenvalue weighted by molar-refractivity contribution is 0.284. The predicted molar refractivity (Wildman–Crippen MR) is 56.0 cm³/mol. The van der Waals surface area contributed by atoms with Gasteiger partial charge in [-0.2, -0.15) is 0 Å². The van der Waals surface area contributed by atoms with Crippen LogP contribution in [0.25, 0.3) is 0 Å². The van der Waals surface area contributed by atoms with E-state index in [1.54, 1.807) is 11.3 Å². The van der Waals surface area contributed by atoms with Gasteiger partial charge in [0.05, 0.1) is 22.2 Å². The molecule has 0 radical (unpaired) electrons. The fourth-order valence-electron chi connectivity index (χ4n) is 1.27. The molecule has 0 aromatic carbocycles. The van der Waals surface area contributed by atoms with Crippen molar-refractivity contribution in [1.29, 1.82) is 0 Å². The maximum absolute atomic E-state index is 9.07. The van der Waals surface area contributed by atoms with Gasteiger partial charge in [0.15, 0.2) is 0 Å². The Morgan fingerprint density at radius 1 is 1.46 bits per heavy atom. The molecule has 1 aromatic rings. The molecule has 3 heteroatoms. The minimum absolute atomic E-state index is 0.138. The second-order valence-electron chi connectivity index (χ2n) is 3.59. The molecule has 0 amide bonds. The van der Waals surface area contributed by atoms with Crippen molar-refractivity contribution < 1.29 is 5.11 Å². The lowest BCUT2D eigenvalue weighted by atomic mass is 10.1. The fraction of sp³-hybridized carbons (Fsp3) is 0.700. The van der Waals surface area contributed by atoms with Crippen molar-refractivity contribution >= 4 is 11.3 Å². The molecule has 1 rings (SSSR count). The summed E-state index contributed by atoms with van der Waals surface area (Å²) < 4.78 is 0. The van der Waals surface area contributed by atoms with Crippen molar-refractivity contribution in [2.75, 3.05) is 0 Å². The Kier molecular flexibility index (Phi) is 3.88. The summed E-state index contributed by atoms with van der Waals surface area (Å²) in [5, 5.41) is 10.2. The highest BCUT2D eigenvalue weighted by atomic mass is 32.1. The van der Waals surface area contributed by atoms with E-state index in [9.17, 15) is 0 Å². The highest BCUT2D eigenvalue weighted by Crippen LogP contribution is 2.21. The zero-order valence-corrected chi connectivity index (χ0v) is 9.32. The van der Waals surface area contributed by atoms with Gasteiger partial charge in [-0.1, -0.05) is 20.8 Å². The number of aromatic nitrogens is 1. The molecule has 0 saturated carbocycles. The number of aliphatic hydroxyl groups is 1. The second kappa shape index (κ2) is 4.72. The Morgan fingerprint density at radius 2 is 2.15 bits per heavy atom. The molecule has 1 heterocycles. The van der Waals surface area contributed by atoms with Crippen molar-refractivity contribution in [1.82, 2.24) is 4.98 Å². The van der Waals surface area contributed by atoms with Gasteiger partial charge in [0.25, 0.3) is 0 Å². The van der Waals surface area contributed by atoms with E-state index in [4.69, 9.17) is 5.11 Å². The first-order valence-corrected chi connectivity index (χ1v) is 5.57. The number of hydrogen-bond donors (Lipinski definition) is 1. The van der Waals surface area contributed by atoms with Crippen molar-refractivity contribution in [2.24, 2.45) is 5.92 Å². The molecule has 0 unspecified atom stereocenters. The molecule has 0 aliphatic heterocycles. The van der Waals surface area contributed by atoms with E-state index in [-0.39, 0.29) is 6.61 Å². The van der Waals surface area contributed by atoms with Crippen molar-refractivity contribution in [3.63, 3.8) is 0 Å². The van der Waals surface area contributed by atoms with Gasteiger partial charge in [-0.3, -0.25) is 0 Å². The van der Waals surface area contributed by atoms with Gasteiger partial charge in [0.1, 0.15) is 0 Å². The van der Waals surface area contributed by atoms with Gasteiger partial charge in [0.2, 0.25) is 0 Å². The summed E-state index contributed by atoms with van der Waals surface area (Å²) in [4.78, 5) is 5.54. The van der Waals surface area contributed by atoms with Gasteiger partial charge in [-0.25, -0.2) is 4.98 Å². The molecule has 0 fully saturated rings. The van der Waals surface area contributed by atoms with E-state index in [2.05, 4.69) is 25.8 Å². The highest BCUT2D eigenvalue weighted by Gasteiger charge is 2.09. The molecule has 0 spiro atoms. The summed E-state index contributed by atoms with van der Waals surface area (Å²) in [6.45, 7) is 6.59. The van der Waals surface area contributed by atoms with E-state index in [0.717, 1.165) is 28.4 Å². The molecule has 1 aromatic heterocycles. The van der Waals surface area contributed by atoms with Gasteiger partial charge in [-0.15, -0.1) is 11.3 Å². The number of thiazole rings is 1. The standard InChI is InChI=1S/C10H17NOS/c1-4-8-9(6-12)13-10(11-8)5-7(2)3/h7,12H,4-6H2,1-3H3. The van der Waals surface area contributed by atoms with Crippen molar-refractivity contribution in [3.8, 4) is 0 Å². The molecule has 74 valence electrons. The van der Waals surface area contributed by atoms with Crippen LogP contribution in [0.15, 0.2) is 0 Å². The molecule has 0 bridgehead atoms. The van der Waals surface area contributed by atoms with Crippen molar-refractivity contribution in [2.45, 2.75) is 40.2 Å². The molecule has 1 N–H and O–H groups in total. The van der Waals surface area contributed by atoms with E-state index in [0.29, 0.717) is 5.92 Å². The molecule has 0 saturated heterocycles. The SMILES string of the molecule is CCc1nc(CC(C)C)sc1CO. The average molecular weight is 199 g/mol. The Labute approximate surface area is 83.6 Å². The highest BCUT2D eigenvalue weighted by molar-refractivity contribution is 7.11. The van der Waals surface area contributed by atoms with E-state index in [1.165, 1.54) is 0 Å². The third kappa shape index (κ3) is 2.78. The minimum Gasteiger partial charge on any atom is -0.391 e. The lowest BCUT2D eigenvalue weighted by Crippen LogP contribution is -1.93. The van der Waals surface area contributed by atoms with Gasteiger partial charge in [-0.05, 0) is 12.3 Å². The van der Waals surface area contributed by atoms with Crippen LogP contribution in [-0.2, 0) is 19.4 Å². The minimum atomic E-state index is 0.138. The quantitative estimate of drug-likeness (QED) is 0.807. The van der Waals surface area contributed by atoms with Gasteiger partial charge < -0.3 is 5.11 Å². The van der Waals surface area contributed by atoms with Crippen LogP contribution in [0.5, 0.6) is 0 Å². The molecular formula is C10H17NOS. The van der Waals surface area contributed by atoms with Gasteiger partial charge >= 0.3 is 0 Å². The van der Waals surface area contributed by atoms with Crippen LogP contribution in [0.2, 0.25) is 0 Å². The number of nitrogens with zero attached hydrogens (tertiary/aromatic N) is 1. The predicted octanol–water partition coefficient (Wildman–Crippen LogP) is 2.40. The van der Waals surface area contributed by atoms with Crippen LogP contribution in [0, 0.1) is 5.92 Å². The largest absolute Gasteiger partial charge is 0.391 e. The first kappa shape index (κ1) is 10.7. The van der Waals surface area contributed by atoms with Crippen LogP contribution in [0.4, 0.5) is 0 Å². The van der Waals surface area contributed by atoms with Crippen molar-refractivity contribution in [3.05, 3.63) is 15.6 Å². The van der Waals surface area contributed by atoms with E-state index >= 15 is 0 Å². The van der Waals surface area contributed by atoms with Crippen LogP contribution in [0.3, 0.4) is 0 Å². The molecule has 0 aliphatic rings. The van der Waals surface area contributed by atoms with E-state index < -0.39 is 0 Å². The lowest BCUT2D eigenvalue weighted by Gasteiger charge is -1.98. The molecule has 0 atom stereocenters. The molecule has 0 aliphatic carbocycles. The van der Waals surface area contributed by atoms with E-state index in [1.807, 2.05) is 0 Å². The average Bonchev–Trinajstić information content (AvgIpc) is 2.45. The summed E-state index contributed by atoms with van der Waals surface area (Å²) in [5.74, 6) is 0.641. The third-order valence-corrected chi connectivity index (χ3v) is 2.99. The van der Waals surface area contributed by atoms with Crippen LogP contribution < -0.4 is 0 Å². The summed E-state index contributed by atoms with van der Waals surface area (Å²) in [6.07, 6.45) is 1.95. The van der Waals surface area contributed by atoms with Gasteiger partial charge in [0, 0.05) is 6.42 Å². The summed E-state index contributed by atoms with van der Waals surface area (Å²) in [5.41, 5.74) is 1.07. The van der Waals surface area contributed by atoms with Crippen LogP contribution in [0.1, 0.15) is 36.3 Å².